The fraction of sp³-hybridized carbons (Fsp3) is 0.407. The molecule has 0 saturated carbocycles. The molecule has 1 saturated heterocycles. The van der Waals surface area contributed by atoms with Crippen molar-refractivity contribution in [2.45, 2.75) is 56.6 Å². The van der Waals surface area contributed by atoms with Gasteiger partial charge in [-0.15, -0.1) is 0 Å². The van der Waals surface area contributed by atoms with Crippen LogP contribution in [0.3, 0.4) is 0 Å². The lowest BCUT2D eigenvalue weighted by molar-refractivity contribution is -0.137. The summed E-state index contributed by atoms with van der Waals surface area (Å²) in [5.74, 6) is -4.36. The van der Waals surface area contributed by atoms with Crippen molar-refractivity contribution < 1.29 is 33.3 Å². The number of aliphatic hydroxyl groups is 1. The fourth-order valence-corrected chi connectivity index (χ4v) is 4.07. The average Bonchev–Trinajstić information content (AvgIpc) is 2.86. The van der Waals surface area contributed by atoms with Crippen molar-refractivity contribution in [3.63, 3.8) is 0 Å². The quantitative estimate of drug-likeness (QED) is 0.300. The highest BCUT2D eigenvalue weighted by atomic mass is 19.3. The number of carboxylic acid groups (broad SMARTS) is 1. The van der Waals surface area contributed by atoms with E-state index in [1.54, 1.807) is 6.07 Å². The number of carbonyl (C=O) groups excluding carboxylic acids is 1. The van der Waals surface area contributed by atoms with Gasteiger partial charge in [0.05, 0.1) is 12.6 Å². The molecule has 1 unspecified atom stereocenters. The minimum absolute atomic E-state index is 0.109. The van der Waals surface area contributed by atoms with Gasteiger partial charge in [0.1, 0.15) is 6.10 Å². The monoisotopic (exact) mass is 487 g/mol. The van der Waals surface area contributed by atoms with Crippen LogP contribution in [-0.2, 0) is 15.5 Å². The molecule has 0 aliphatic carbocycles. The summed E-state index contributed by atoms with van der Waals surface area (Å²) < 4.78 is 35.3. The van der Waals surface area contributed by atoms with E-state index in [4.69, 9.17) is 9.84 Å². The van der Waals surface area contributed by atoms with Crippen LogP contribution in [0.5, 0.6) is 0 Å². The third-order valence-corrected chi connectivity index (χ3v) is 6.06. The summed E-state index contributed by atoms with van der Waals surface area (Å²) in [6.45, 7) is 0.543. The standard InChI is InChI=1S/C27H31F2NO5/c28-27(29,22-12-8-11-21(19-22)20-9-4-3-5-10-20)24(31)15-14-23-16-18-35-26(34)30(23)17-7-2-1-6-13-25(32)33/h3-5,8-12,14-15,19,23-24,31H,1-2,6-7,13,16-18H2,(H,32,33)/b15-14+/t23?,24-/m1/s1. The molecule has 35 heavy (non-hydrogen) atoms. The zero-order valence-electron chi connectivity index (χ0n) is 19.5. The number of carboxylic acids is 1. The Morgan fingerprint density at radius 1 is 1.09 bits per heavy atom. The second kappa shape index (κ2) is 12.4. The van der Waals surface area contributed by atoms with E-state index in [0.717, 1.165) is 24.5 Å². The molecule has 0 aromatic heterocycles. The molecule has 2 aromatic rings. The highest BCUT2D eigenvalue weighted by molar-refractivity contribution is 5.69. The Hall–Kier alpha value is -3.26. The van der Waals surface area contributed by atoms with Gasteiger partial charge >= 0.3 is 18.0 Å². The first-order valence-corrected chi connectivity index (χ1v) is 11.8. The number of amides is 1. The minimum atomic E-state index is -3.52. The maximum absolute atomic E-state index is 15.1. The third-order valence-electron chi connectivity index (χ3n) is 6.06. The molecule has 1 aliphatic heterocycles. The molecule has 1 aliphatic rings. The van der Waals surface area contributed by atoms with Gasteiger partial charge in [-0.25, -0.2) is 4.79 Å². The minimum Gasteiger partial charge on any atom is -0.481 e. The largest absolute Gasteiger partial charge is 0.481 e. The molecule has 0 radical (unpaired) electrons. The van der Waals surface area contributed by atoms with E-state index in [2.05, 4.69) is 0 Å². The number of halogens is 2. The predicted molar refractivity (Wildman–Crippen MR) is 128 cm³/mol. The first-order chi connectivity index (χ1) is 16.8. The van der Waals surface area contributed by atoms with E-state index in [9.17, 15) is 14.7 Å². The molecule has 1 heterocycles. The second-order valence-corrected chi connectivity index (χ2v) is 8.62. The molecule has 188 valence electrons. The highest BCUT2D eigenvalue weighted by Gasteiger charge is 2.39. The number of ether oxygens (including phenoxy) is 1. The number of aliphatic hydroxyl groups excluding tert-OH is 1. The SMILES string of the molecule is O=C(O)CCCCCCN1C(=O)OCCC1/C=C/[C@@H](O)C(F)(F)c1cccc(-c2ccccc2)c1. The number of cyclic esters (lactones) is 1. The van der Waals surface area contributed by atoms with Crippen LogP contribution in [0.25, 0.3) is 11.1 Å². The van der Waals surface area contributed by atoms with E-state index in [1.807, 2.05) is 30.3 Å². The number of aliphatic carboxylic acids is 1. The molecule has 2 atom stereocenters. The number of unbranched alkanes of at least 4 members (excludes halogenated alkanes) is 3. The summed E-state index contributed by atoms with van der Waals surface area (Å²) in [4.78, 5) is 24.3. The fourth-order valence-electron chi connectivity index (χ4n) is 4.07. The molecular weight excluding hydrogens is 456 g/mol. The molecule has 2 aromatic carbocycles. The van der Waals surface area contributed by atoms with Gasteiger partial charge < -0.3 is 19.8 Å². The molecule has 1 amide bonds. The molecule has 6 nitrogen and oxygen atoms in total. The maximum Gasteiger partial charge on any atom is 0.410 e. The summed E-state index contributed by atoms with van der Waals surface area (Å²) in [5, 5.41) is 19.1. The van der Waals surface area contributed by atoms with Crippen LogP contribution in [0.2, 0.25) is 0 Å². The lowest BCUT2D eigenvalue weighted by atomic mass is 9.97. The van der Waals surface area contributed by atoms with Crippen molar-refractivity contribution in [3.8, 4) is 11.1 Å². The van der Waals surface area contributed by atoms with Gasteiger partial charge in [-0.2, -0.15) is 8.78 Å². The zero-order valence-corrected chi connectivity index (χ0v) is 19.5. The number of hydrogen-bond acceptors (Lipinski definition) is 4. The Morgan fingerprint density at radius 2 is 1.80 bits per heavy atom. The van der Waals surface area contributed by atoms with Crippen LogP contribution in [-0.4, -0.2) is 52.5 Å². The van der Waals surface area contributed by atoms with Crippen LogP contribution >= 0.6 is 0 Å². The second-order valence-electron chi connectivity index (χ2n) is 8.62. The van der Waals surface area contributed by atoms with Crippen LogP contribution in [0, 0.1) is 0 Å². The Balaban J connectivity index is 1.63. The molecule has 8 heteroatoms. The van der Waals surface area contributed by atoms with Crippen LogP contribution < -0.4 is 0 Å². The van der Waals surface area contributed by atoms with E-state index in [-0.39, 0.29) is 18.6 Å². The van der Waals surface area contributed by atoms with E-state index < -0.39 is 30.1 Å². The Kier molecular flexibility index (Phi) is 9.37. The summed E-state index contributed by atoms with van der Waals surface area (Å²) in [7, 11) is 0. The lowest BCUT2D eigenvalue weighted by Gasteiger charge is -2.33. The molecule has 0 spiro atoms. The highest BCUT2D eigenvalue weighted by Crippen LogP contribution is 2.35. The maximum atomic E-state index is 15.1. The van der Waals surface area contributed by atoms with E-state index in [0.29, 0.717) is 31.4 Å². The Labute approximate surface area is 203 Å². The zero-order chi connectivity index (χ0) is 25.3. The van der Waals surface area contributed by atoms with Gasteiger partial charge in [-0.05, 0) is 30.0 Å². The van der Waals surface area contributed by atoms with Crippen molar-refractivity contribution >= 4 is 12.1 Å². The van der Waals surface area contributed by atoms with Gasteiger partial charge in [0.25, 0.3) is 0 Å². The summed E-state index contributed by atoms with van der Waals surface area (Å²) >= 11 is 0. The molecule has 1 fully saturated rings. The van der Waals surface area contributed by atoms with Gasteiger partial charge in [0.15, 0.2) is 0 Å². The van der Waals surface area contributed by atoms with E-state index >= 15 is 8.78 Å². The number of carbonyl (C=O) groups is 2. The van der Waals surface area contributed by atoms with Crippen molar-refractivity contribution in [1.29, 1.82) is 0 Å². The van der Waals surface area contributed by atoms with Crippen molar-refractivity contribution in [3.05, 3.63) is 72.3 Å². The molecule has 2 N–H and O–H groups in total. The number of nitrogens with zero attached hydrogens (tertiary/aromatic N) is 1. The lowest BCUT2D eigenvalue weighted by Crippen LogP contribution is -2.45. The number of benzene rings is 2. The van der Waals surface area contributed by atoms with Crippen LogP contribution in [0.4, 0.5) is 13.6 Å². The topological polar surface area (TPSA) is 87.1 Å². The van der Waals surface area contributed by atoms with Gasteiger partial charge in [0.2, 0.25) is 0 Å². The number of rotatable bonds is 12. The molecule has 0 bridgehead atoms. The predicted octanol–water partition coefficient (Wildman–Crippen LogP) is 5.61. The molecule has 3 rings (SSSR count). The summed E-state index contributed by atoms with van der Waals surface area (Å²) in [5.41, 5.74) is 1.13. The van der Waals surface area contributed by atoms with Gasteiger partial charge in [-0.1, -0.05) is 73.5 Å². The normalized spacial score (nSPS) is 17.4. The Bertz CT molecular complexity index is 1010. The van der Waals surface area contributed by atoms with Crippen LogP contribution in [0.15, 0.2) is 66.7 Å². The molecular formula is C27H31F2NO5. The first-order valence-electron chi connectivity index (χ1n) is 11.8. The van der Waals surface area contributed by atoms with Gasteiger partial charge in [0, 0.05) is 24.9 Å². The van der Waals surface area contributed by atoms with Gasteiger partial charge in [-0.3, -0.25) is 4.79 Å². The third kappa shape index (κ3) is 7.36. The number of hydrogen-bond donors (Lipinski definition) is 2. The van der Waals surface area contributed by atoms with Crippen molar-refractivity contribution in [1.82, 2.24) is 4.90 Å². The smallest absolute Gasteiger partial charge is 0.410 e. The number of alkyl halides is 2. The first kappa shape index (κ1) is 26.3. The van der Waals surface area contributed by atoms with Crippen molar-refractivity contribution in [2.75, 3.05) is 13.2 Å². The van der Waals surface area contributed by atoms with E-state index in [1.165, 1.54) is 29.2 Å². The van der Waals surface area contributed by atoms with Crippen molar-refractivity contribution in [2.24, 2.45) is 0 Å². The summed E-state index contributed by atoms with van der Waals surface area (Å²) in [6, 6.07) is 14.6. The van der Waals surface area contributed by atoms with Crippen LogP contribution in [0.1, 0.15) is 44.1 Å². The summed E-state index contributed by atoms with van der Waals surface area (Å²) in [6.07, 6.45) is 3.13. The Morgan fingerprint density at radius 3 is 2.54 bits per heavy atom. The average molecular weight is 488 g/mol.